The Morgan fingerprint density at radius 2 is 1.85 bits per heavy atom. The molecule has 4 nitrogen and oxygen atoms in total. The predicted octanol–water partition coefficient (Wildman–Crippen LogP) is 3.90. The SMILES string of the molecule is CC1(C)[C@H](c2ccc(C#N)cc2F)n2cncc2[C@@]1(O)c1ccc(F)cc1. The second-order valence-electron chi connectivity index (χ2n) is 7.38. The van der Waals surface area contributed by atoms with E-state index in [0.717, 1.165) is 0 Å². The summed E-state index contributed by atoms with van der Waals surface area (Å²) >= 11 is 0. The molecule has 0 saturated heterocycles. The van der Waals surface area contributed by atoms with Crippen LogP contribution in [0.25, 0.3) is 0 Å². The Morgan fingerprint density at radius 3 is 2.48 bits per heavy atom. The third-order valence-electron chi connectivity index (χ3n) is 5.62. The fourth-order valence-electron chi connectivity index (χ4n) is 4.23. The first-order valence-corrected chi connectivity index (χ1v) is 8.51. The molecule has 136 valence electrons. The number of fused-ring (bicyclic) bond motifs is 1. The topological polar surface area (TPSA) is 61.8 Å². The van der Waals surface area contributed by atoms with E-state index in [1.54, 1.807) is 29.2 Å². The van der Waals surface area contributed by atoms with Gasteiger partial charge in [0.1, 0.15) is 17.2 Å². The van der Waals surface area contributed by atoms with E-state index in [1.807, 2.05) is 19.9 Å². The van der Waals surface area contributed by atoms with Crippen LogP contribution in [0.4, 0.5) is 8.78 Å². The summed E-state index contributed by atoms with van der Waals surface area (Å²) in [5, 5.41) is 20.8. The summed E-state index contributed by atoms with van der Waals surface area (Å²) in [7, 11) is 0. The smallest absolute Gasteiger partial charge is 0.138 e. The van der Waals surface area contributed by atoms with Crippen molar-refractivity contribution in [2.45, 2.75) is 25.5 Å². The molecular formula is C21H17F2N3O. The quantitative estimate of drug-likeness (QED) is 0.749. The maximum absolute atomic E-state index is 14.8. The van der Waals surface area contributed by atoms with Crippen molar-refractivity contribution >= 4 is 0 Å². The van der Waals surface area contributed by atoms with Crippen molar-refractivity contribution in [3.63, 3.8) is 0 Å². The maximum atomic E-state index is 14.8. The van der Waals surface area contributed by atoms with Gasteiger partial charge in [0.15, 0.2) is 0 Å². The zero-order valence-electron chi connectivity index (χ0n) is 14.8. The van der Waals surface area contributed by atoms with Gasteiger partial charge in [-0.25, -0.2) is 13.8 Å². The highest BCUT2D eigenvalue weighted by molar-refractivity contribution is 5.44. The third-order valence-corrected chi connectivity index (χ3v) is 5.62. The van der Waals surface area contributed by atoms with Crippen LogP contribution < -0.4 is 0 Å². The first-order chi connectivity index (χ1) is 12.8. The van der Waals surface area contributed by atoms with Gasteiger partial charge in [0, 0.05) is 11.0 Å². The molecule has 4 rings (SSSR count). The Kier molecular flexibility index (Phi) is 3.69. The molecule has 0 unspecified atom stereocenters. The molecule has 1 aliphatic heterocycles. The summed E-state index contributed by atoms with van der Waals surface area (Å²) in [6.45, 7) is 3.68. The van der Waals surface area contributed by atoms with Crippen molar-refractivity contribution in [3.05, 3.63) is 89.0 Å². The van der Waals surface area contributed by atoms with Gasteiger partial charge in [-0.15, -0.1) is 0 Å². The lowest BCUT2D eigenvalue weighted by atomic mass is 9.66. The zero-order valence-corrected chi connectivity index (χ0v) is 14.8. The lowest BCUT2D eigenvalue weighted by Gasteiger charge is -2.40. The van der Waals surface area contributed by atoms with E-state index in [0.29, 0.717) is 16.8 Å². The number of hydrogen-bond acceptors (Lipinski definition) is 3. The fraction of sp³-hybridized carbons (Fsp3) is 0.238. The summed E-state index contributed by atoms with van der Waals surface area (Å²) < 4.78 is 30.0. The summed E-state index contributed by atoms with van der Waals surface area (Å²) in [6, 6.07) is 11.3. The van der Waals surface area contributed by atoms with Crippen LogP contribution in [0.5, 0.6) is 0 Å². The summed E-state index contributed by atoms with van der Waals surface area (Å²) in [6.07, 6.45) is 3.10. The Bertz CT molecular complexity index is 1070. The Hall–Kier alpha value is -3.04. The van der Waals surface area contributed by atoms with E-state index in [-0.39, 0.29) is 5.56 Å². The molecule has 1 aromatic heterocycles. The lowest BCUT2D eigenvalue weighted by Crippen LogP contribution is -2.41. The number of halogens is 2. The second kappa shape index (κ2) is 5.73. The lowest BCUT2D eigenvalue weighted by molar-refractivity contribution is -0.0311. The molecule has 1 aliphatic rings. The van der Waals surface area contributed by atoms with Crippen molar-refractivity contribution in [2.75, 3.05) is 0 Å². The van der Waals surface area contributed by atoms with Crippen LogP contribution in [-0.4, -0.2) is 14.7 Å². The molecule has 0 amide bonds. The summed E-state index contributed by atoms with van der Waals surface area (Å²) in [5.74, 6) is -0.920. The molecule has 1 N–H and O–H groups in total. The number of imidazole rings is 1. The molecule has 2 aromatic carbocycles. The minimum atomic E-state index is -1.50. The minimum absolute atomic E-state index is 0.228. The van der Waals surface area contributed by atoms with Crippen molar-refractivity contribution in [2.24, 2.45) is 5.41 Å². The molecule has 2 heterocycles. The van der Waals surface area contributed by atoms with Crippen LogP contribution in [0.15, 0.2) is 55.0 Å². The van der Waals surface area contributed by atoms with Crippen LogP contribution in [0.3, 0.4) is 0 Å². The molecule has 0 saturated carbocycles. The molecule has 3 aromatic rings. The van der Waals surface area contributed by atoms with Gasteiger partial charge in [0.05, 0.1) is 35.9 Å². The monoisotopic (exact) mass is 365 g/mol. The van der Waals surface area contributed by atoms with E-state index in [4.69, 9.17) is 5.26 Å². The van der Waals surface area contributed by atoms with Crippen LogP contribution in [0.2, 0.25) is 0 Å². The molecular weight excluding hydrogens is 348 g/mol. The van der Waals surface area contributed by atoms with E-state index in [9.17, 15) is 13.9 Å². The highest BCUT2D eigenvalue weighted by atomic mass is 19.1. The molecule has 0 bridgehead atoms. The average molecular weight is 365 g/mol. The van der Waals surface area contributed by atoms with Gasteiger partial charge in [-0.05, 0) is 29.8 Å². The Morgan fingerprint density at radius 1 is 1.15 bits per heavy atom. The standard InChI is InChI=1S/C21H17F2N3O/c1-20(2)19(16-8-3-13(10-24)9-17(16)23)26-12-25-11-18(26)21(20,27)14-4-6-15(22)7-5-14/h3-9,11-12,19,27H,1-2H3/t19-,21-/m0/s1. The predicted molar refractivity (Wildman–Crippen MR) is 94.7 cm³/mol. The van der Waals surface area contributed by atoms with Crippen molar-refractivity contribution in [1.82, 2.24) is 9.55 Å². The van der Waals surface area contributed by atoms with Gasteiger partial charge in [0.2, 0.25) is 0 Å². The minimum Gasteiger partial charge on any atom is -0.378 e. The van der Waals surface area contributed by atoms with Crippen molar-refractivity contribution in [1.29, 1.82) is 5.26 Å². The van der Waals surface area contributed by atoms with E-state index >= 15 is 0 Å². The first kappa shape index (κ1) is 17.4. The number of rotatable bonds is 2. The summed E-state index contributed by atoms with van der Waals surface area (Å²) in [4.78, 5) is 4.14. The highest BCUT2D eigenvalue weighted by Crippen LogP contribution is 2.59. The number of aromatic nitrogens is 2. The van der Waals surface area contributed by atoms with E-state index < -0.39 is 28.7 Å². The molecule has 0 spiro atoms. The number of nitriles is 1. The van der Waals surface area contributed by atoms with Crippen LogP contribution in [-0.2, 0) is 5.60 Å². The fourth-order valence-corrected chi connectivity index (χ4v) is 4.23. The number of benzene rings is 2. The molecule has 0 radical (unpaired) electrons. The number of hydrogen-bond donors (Lipinski definition) is 1. The third kappa shape index (κ3) is 2.25. The van der Waals surface area contributed by atoms with Gasteiger partial charge in [-0.2, -0.15) is 5.26 Å². The maximum Gasteiger partial charge on any atom is 0.138 e. The first-order valence-electron chi connectivity index (χ1n) is 8.51. The van der Waals surface area contributed by atoms with Gasteiger partial charge in [-0.1, -0.05) is 32.0 Å². The molecule has 0 aliphatic carbocycles. The summed E-state index contributed by atoms with van der Waals surface area (Å²) in [5.41, 5.74) is -0.775. The highest BCUT2D eigenvalue weighted by Gasteiger charge is 2.59. The Balaban J connectivity index is 1.94. The largest absolute Gasteiger partial charge is 0.378 e. The molecule has 27 heavy (non-hydrogen) atoms. The van der Waals surface area contributed by atoms with Crippen molar-refractivity contribution in [3.8, 4) is 6.07 Å². The van der Waals surface area contributed by atoms with E-state index in [1.165, 1.54) is 30.3 Å². The van der Waals surface area contributed by atoms with Crippen LogP contribution >= 0.6 is 0 Å². The Labute approximate surface area is 155 Å². The van der Waals surface area contributed by atoms with Gasteiger partial charge in [-0.3, -0.25) is 0 Å². The molecule has 2 atom stereocenters. The second-order valence-corrected chi connectivity index (χ2v) is 7.38. The normalized spacial score (nSPS) is 23.0. The van der Waals surface area contributed by atoms with Gasteiger partial charge < -0.3 is 9.67 Å². The van der Waals surface area contributed by atoms with E-state index in [2.05, 4.69) is 4.98 Å². The number of nitrogens with zero attached hydrogens (tertiary/aromatic N) is 3. The zero-order chi connectivity index (χ0) is 19.4. The van der Waals surface area contributed by atoms with Gasteiger partial charge in [0.25, 0.3) is 0 Å². The molecule has 6 heteroatoms. The van der Waals surface area contributed by atoms with Gasteiger partial charge >= 0.3 is 0 Å². The molecule has 0 fully saturated rings. The number of aliphatic hydroxyl groups is 1. The van der Waals surface area contributed by atoms with Crippen molar-refractivity contribution < 1.29 is 13.9 Å². The van der Waals surface area contributed by atoms with Crippen LogP contribution in [0.1, 0.15) is 42.3 Å². The average Bonchev–Trinajstić information content (AvgIpc) is 3.17. The van der Waals surface area contributed by atoms with Crippen LogP contribution in [0, 0.1) is 28.4 Å².